The van der Waals surface area contributed by atoms with Crippen molar-refractivity contribution in [3.05, 3.63) is 28.2 Å². The average molecular weight is 283 g/mol. The fourth-order valence-electron chi connectivity index (χ4n) is 1.70. The van der Waals surface area contributed by atoms with E-state index in [0.717, 1.165) is 4.47 Å². The van der Waals surface area contributed by atoms with E-state index in [1.54, 1.807) is 12.1 Å². The van der Waals surface area contributed by atoms with E-state index in [-0.39, 0.29) is 0 Å². The molecule has 1 aromatic carbocycles. The van der Waals surface area contributed by atoms with Crippen LogP contribution in [0.25, 0.3) is 0 Å². The minimum absolute atomic E-state index is 0.416. The lowest BCUT2D eigenvalue weighted by atomic mass is 10.1. The molecule has 0 bridgehead atoms. The molecule has 5 heteroatoms. The molecule has 1 aliphatic rings. The van der Waals surface area contributed by atoms with Crippen LogP contribution in [-0.2, 0) is 4.79 Å². The van der Waals surface area contributed by atoms with Crippen molar-refractivity contribution in [2.24, 2.45) is 0 Å². The molecule has 1 heterocycles. The highest BCUT2D eigenvalue weighted by Gasteiger charge is 2.35. The van der Waals surface area contributed by atoms with Crippen LogP contribution in [0.4, 0.5) is 5.69 Å². The number of benzene rings is 1. The highest BCUT2D eigenvalue weighted by molar-refractivity contribution is 9.10. The van der Waals surface area contributed by atoms with Gasteiger partial charge in [-0.25, -0.2) is 0 Å². The van der Waals surface area contributed by atoms with E-state index >= 15 is 0 Å². The maximum atomic E-state index is 11.7. The number of carbonyl (C=O) groups excluding carboxylic acids is 2. The normalized spacial score (nSPS) is 14.9. The summed E-state index contributed by atoms with van der Waals surface area (Å²) in [6.07, 6.45) is 0. The van der Waals surface area contributed by atoms with Gasteiger partial charge in [-0.15, -0.1) is 0 Å². The van der Waals surface area contributed by atoms with Crippen LogP contribution in [0.1, 0.15) is 10.4 Å². The zero-order valence-electron chi connectivity index (χ0n) is 9.03. The first kappa shape index (κ1) is 11.3. The summed E-state index contributed by atoms with van der Waals surface area (Å²) in [6.45, 7) is 0.416. The Hall–Kier alpha value is -1.20. The molecule has 84 valence electrons. The standard InChI is InChI=1S/C11H11BrN2O2/c1-13(2)6-14-9-4-3-7(12)5-8(9)10(15)11(14)16/h3-5H,6H2,1-2H3. The van der Waals surface area contributed by atoms with Crippen LogP contribution in [0.3, 0.4) is 0 Å². The molecule has 4 nitrogen and oxygen atoms in total. The van der Waals surface area contributed by atoms with Gasteiger partial charge in [-0.1, -0.05) is 15.9 Å². The summed E-state index contributed by atoms with van der Waals surface area (Å²) >= 11 is 3.29. The summed E-state index contributed by atoms with van der Waals surface area (Å²) in [5, 5.41) is 0. The third-order valence-corrected chi connectivity index (χ3v) is 2.85. The molecule has 0 aromatic heterocycles. The Kier molecular flexibility index (Phi) is 2.82. The van der Waals surface area contributed by atoms with Crippen LogP contribution in [-0.4, -0.2) is 37.4 Å². The first-order valence-corrected chi connectivity index (χ1v) is 5.60. The van der Waals surface area contributed by atoms with Crippen molar-refractivity contribution in [3.63, 3.8) is 0 Å². The lowest BCUT2D eigenvalue weighted by Crippen LogP contribution is -2.37. The van der Waals surface area contributed by atoms with E-state index in [0.29, 0.717) is 17.9 Å². The van der Waals surface area contributed by atoms with Crippen molar-refractivity contribution < 1.29 is 9.59 Å². The second-order valence-corrected chi connectivity index (χ2v) is 4.86. The molecule has 1 amide bonds. The van der Waals surface area contributed by atoms with Gasteiger partial charge in [0, 0.05) is 4.47 Å². The lowest BCUT2D eigenvalue weighted by molar-refractivity contribution is -0.114. The molecule has 16 heavy (non-hydrogen) atoms. The Morgan fingerprint density at radius 2 is 2.00 bits per heavy atom. The van der Waals surface area contributed by atoms with Crippen LogP contribution >= 0.6 is 15.9 Å². The molecule has 1 aromatic rings. The fourth-order valence-corrected chi connectivity index (χ4v) is 2.06. The third-order valence-electron chi connectivity index (χ3n) is 2.36. The smallest absolute Gasteiger partial charge is 0.292 e. The maximum Gasteiger partial charge on any atom is 0.300 e. The summed E-state index contributed by atoms with van der Waals surface area (Å²) in [4.78, 5) is 26.8. The first-order chi connectivity index (χ1) is 7.50. The molecule has 0 fully saturated rings. The van der Waals surface area contributed by atoms with Gasteiger partial charge >= 0.3 is 5.91 Å². The minimum Gasteiger partial charge on any atom is -0.292 e. The molecule has 0 saturated heterocycles. The topological polar surface area (TPSA) is 40.6 Å². The minimum atomic E-state index is -0.457. The lowest BCUT2D eigenvalue weighted by Gasteiger charge is -2.20. The van der Waals surface area contributed by atoms with E-state index in [2.05, 4.69) is 15.9 Å². The van der Waals surface area contributed by atoms with Gasteiger partial charge in [-0.2, -0.15) is 0 Å². The molecule has 0 atom stereocenters. The second kappa shape index (κ2) is 3.99. The summed E-state index contributed by atoms with van der Waals surface area (Å²) in [6, 6.07) is 5.30. The van der Waals surface area contributed by atoms with Crippen LogP contribution < -0.4 is 4.90 Å². The molecule has 0 spiro atoms. The molecular formula is C11H11BrN2O2. The van der Waals surface area contributed by atoms with Crippen molar-refractivity contribution in [1.29, 1.82) is 0 Å². The van der Waals surface area contributed by atoms with Crippen molar-refractivity contribution in [2.75, 3.05) is 25.7 Å². The Bertz CT molecular complexity index is 471. The zero-order valence-corrected chi connectivity index (χ0v) is 10.6. The molecule has 1 aliphatic heterocycles. The number of hydrogen-bond acceptors (Lipinski definition) is 3. The number of anilines is 1. The molecular weight excluding hydrogens is 272 g/mol. The molecule has 0 unspecified atom stereocenters. The van der Waals surface area contributed by atoms with E-state index < -0.39 is 11.7 Å². The summed E-state index contributed by atoms with van der Waals surface area (Å²) in [5.41, 5.74) is 1.16. The number of Topliss-reactive ketones (excluding diaryl/α,β-unsaturated/α-hetero) is 1. The Balaban J connectivity index is 2.46. The maximum absolute atomic E-state index is 11.7. The van der Waals surface area contributed by atoms with Crippen molar-refractivity contribution in [3.8, 4) is 0 Å². The van der Waals surface area contributed by atoms with E-state index in [1.807, 2.05) is 25.1 Å². The third kappa shape index (κ3) is 1.76. The number of rotatable bonds is 2. The van der Waals surface area contributed by atoms with Gasteiger partial charge in [0.25, 0.3) is 5.78 Å². The number of carbonyl (C=O) groups is 2. The van der Waals surface area contributed by atoms with E-state index in [4.69, 9.17) is 0 Å². The number of hydrogen-bond donors (Lipinski definition) is 0. The molecule has 0 radical (unpaired) electrons. The predicted octanol–water partition coefficient (Wildman–Crippen LogP) is 1.50. The summed E-state index contributed by atoms with van der Waals surface area (Å²) in [7, 11) is 3.71. The van der Waals surface area contributed by atoms with E-state index in [9.17, 15) is 9.59 Å². The summed E-state index contributed by atoms with van der Waals surface area (Å²) < 4.78 is 0.805. The second-order valence-electron chi connectivity index (χ2n) is 3.94. The van der Waals surface area contributed by atoms with Gasteiger partial charge in [0.05, 0.1) is 17.9 Å². The van der Waals surface area contributed by atoms with Gasteiger partial charge in [-0.3, -0.25) is 19.4 Å². The van der Waals surface area contributed by atoms with Gasteiger partial charge in [0.15, 0.2) is 0 Å². The van der Waals surface area contributed by atoms with Crippen LogP contribution in [0, 0.1) is 0 Å². The van der Waals surface area contributed by atoms with E-state index in [1.165, 1.54) is 4.90 Å². The van der Waals surface area contributed by atoms with Gasteiger partial charge in [0.1, 0.15) is 0 Å². The Labute approximate surface area is 102 Å². The number of halogens is 1. The number of amides is 1. The molecule has 2 rings (SSSR count). The molecule has 0 saturated carbocycles. The van der Waals surface area contributed by atoms with Gasteiger partial charge < -0.3 is 0 Å². The predicted molar refractivity (Wildman–Crippen MR) is 64.5 cm³/mol. The quantitative estimate of drug-likeness (QED) is 0.772. The van der Waals surface area contributed by atoms with Crippen molar-refractivity contribution in [1.82, 2.24) is 4.90 Å². The average Bonchev–Trinajstić information content (AvgIpc) is 2.43. The SMILES string of the molecule is CN(C)CN1C(=O)C(=O)c2cc(Br)ccc21. The fraction of sp³-hybridized carbons (Fsp3) is 0.273. The highest BCUT2D eigenvalue weighted by atomic mass is 79.9. The van der Waals surface area contributed by atoms with Crippen molar-refractivity contribution in [2.45, 2.75) is 0 Å². The zero-order chi connectivity index (χ0) is 11.9. The van der Waals surface area contributed by atoms with Gasteiger partial charge in [-0.05, 0) is 32.3 Å². The highest BCUT2D eigenvalue weighted by Crippen LogP contribution is 2.31. The monoisotopic (exact) mass is 282 g/mol. The Morgan fingerprint density at radius 3 is 2.62 bits per heavy atom. The van der Waals surface area contributed by atoms with Gasteiger partial charge in [0.2, 0.25) is 0 Å². The molecule has 0 aliphatic carbocycles. The summed E-state index contributed by atoms with van der Waals surface area (Å²) in [5.74, 6) is -0.889. The largest absolute Gasteiger partial charge is 0.300 e. The van der Waals surface area contributed by atoms with Crippen LogP contribution in [0.15, 0.2) is 22.7 Å². The number of ketones is 1. The first-order valence-electron chi connectivity index (χ1n) is 4.81. The number of nitrogens with zero attached hydrogens (tertiary/aromatic N) is 2. The van der Waals surface area contributed by atoms with Crippen LogP contribution in [0.5, 0.6) is 0 Å². The number of fused-ring (bicyclic) bond motifs is 1. The Morgan fingerprint density at radius 1 is 1.31 bits per heavy atom. The van der Waals surface area contributed by atoms with Crippen LogP contribution in [0.2, 0.25) is 0 Å². The molecule has 0 N–H and O–H groups in total. The van der Waals surface area contributed by atoms with Crippen molar-refractivity contribution >= 4 is 33.3 Å².